The van der Waals surface area contributed by atoms with Crippen molar-refractivity contribution in [2.24, 2.45) is 0 Å². The molecule has 1 amide bonds. The van der Waals surface area contributed by atoms with Crippen LogP contribution in [-0.4, -0.2) is 16.1 Å². The quantitative estimate of drug-likeness (QED) is 0.671. The highest BCUT2D eigenvalue weighted by atomic mass is 35.5. The Bertz CT molecular complexity index is 925. The van der Waals surface area contributed by atoms with Gasteiger partial charge in [0, 0.05) is 5.02 Å². The summed E-state index contributed by atoms with van der Waals surface area (Å²) in [5.41, 5.74) is 1.84. The first-order chi connectivity index (χ1) is 11.4. The molecule has 0 aliphatic heterocycles. The fourth-order valence-corrected chi connectivity index (χ4v) is 2.82. The Labute approximate surface area is 152 Å². The molecule has 0 bridgehead atoms. The van der Waals surface area contributed by atoms with E-state index in [1.54, 1.807) is 18.2 Å². The van der Waals surface area contributed by atoms with Crippen LogP contribution in [0.5, 0.6) is 0 Å². The van der Waals surface area contributed by atoms with Crippen LogP contribution in [0, 0.1) is 6.92 Å². The molecule has 2 aromatic carbocycles. The molecule has 0 aliphatic rings. The zero-order valence-electron chi connectivity index (χ0n) is 12.3. The minimum Gasteiger partial charge on any atom is -0.403 e. The molecular weight excluding hydrogens is 373 g/mol. The molecule has 0 aliphatic carbocycles. The van der Waals surface area contributed by atoms with Gasteiger partial charge in [0.1, 0.15) is 0 Å². The summed E-state index contributed by atoms with van der Waals surface area (Å²) >= 11 is 18.0. The summed E-state index contributed by atoms with van der Waals surface area (Å²) in [6.45, 7) is 1.92. The predicted octanol–water partition coefficient (Wildman–Crippen LogP) is 5.26. The van der Waals surface area contributed by atoms with Crippen molar-refractivity contribution in [1.82, 2.24) is 10.2 Å². The third-order valence-electron chi connectivity index (χ3n) is 3.18. The second kappa shape index (κ2) is 6.81. The molecule has 1 aromatic heterocycles. The Morgan fingerprint density at radius 1 is 1.04 bits per heavy atom. The van der Waals surface area contributed by atoms with E-state index < -0.39 is 5.91 Å². The van der Waals surface area contributed by atoms with E-state index in [2.05, 4.69) is 15.5 Å². The number of aromatic nitrogens is 2. The third kappa shape index (κ3) is 3.53. The summed E-state index contributed by atoms with van der Waals surface area (Å²) < 4.78 is 5.44. The highest BCUT2D eigenvalue weighted by molar-refractivity contribution is 6.37. The molecule has 3 aromatic rings. The summed E-state index contributed by atoms with van der Waals surface area (Å²) in [5, 5.41) is 11.3. The van der Waals surface area contributed by atoms with Gasteiger partial charge in [0.15, 0.2) is 0 Å². The second-order valence-corrected chi connectivity index (χ2v) is 6.22. The summed E-state index contributed by atoms with van der Waals surface area (Å²) in [6.07, 6.45) is 0. The van der Waals surface area contributed by atoms with E-state index >= 15 is 0 Å². The van der Waals surface area contributed by atoms with E-state index in [-0.39, 0.29) is 22.5 Å². The maximum atomic E-state index is 12.2. The fourth-order valence-electron chi connectivity index (χ4n) is 2.01. The molecule has 1 heterocycles. The molecule has 0 unspecified atom stereocenters. The lowest BCUT2D eigenvalue weighted by Crippen LogP contribution is -2.12. The van der Waals surface area contributed by atoms with Crippen LogP contribution in [0.3, 0.4) is 0 Å². The van der Waals surface area contributed by atoms with Crippen LogP contribution < -0.4 is 5.32 Å². The van der Waals surface area contributed by atoms with Gasteiger partial charge < -0.3 is 4.42 Å². The number of nitrogens with zero attached hydrogens (tertiary/aromatic N) is 2. The number of nitrogens with one attached hydrogen (secondary N) is 1. The Hall–Kier alpha value is -2.08. The first-order valence-electron chi connectivity index (χ1n) is 6.80. The molecule has 8 heteroatoms. The minimum atomic E-state index is -0.484. The number of aryl methyl sites for hydroxylation is 1. The van der Waals surface area contributed by atoms with E-state index in [0.717, 1.165) is 5.56 Å². The highest BCUT2D eigenvalue weighted by Crippen LogP contribution is 2.29. The van der Waals surface area contributed by atoms with Crippen molar-refractivity contribution in [3.8, 4) is 11.5 Å². The molecule has 122 valence electrons. The number of hydrogen-bond acceptors (Lipinski definition) is 4. The SMILES string of the molecule is Cc1ccc(-c2nnc(NC(=O)c3ccc(Cl)cc3Cl)o2)c(Cl)c1. The molecule has 0 fully saturated rings. The van der Waals surface area contributed by atoms with Gasteiger partial charge in [0.25, 0.3) is 11.8 Å². The molecule has 0 spiro atoms. The molecule has 24 heavy (non-hydrogen) atoms. The molecule has 3 rings (SSSR count). The lowest BCUT2D eigenvalue weighted by molar-refractivity contribution is 0.102. The summed E-state index contributed by atoms with van der Waals surface area (Å²) in [7, 11) is 0. The van der Waals surface area contributed by atoms with Gasteiger partial charge in [0.05, 0.1) is 21.2 Å². The Morgan fingerprint density at radius 3 is 2.54 bits per heavy atom. The van der Waals surface area contributed by atoms with Crippen molar-refractivity contribution in [1.29, 1.82) is 0 Å². The lowest BCUT2D eigenvalue weighted by atomic mass is 10.1. The van der Waals surface area contributed by atoms with Crippen LogP contribution in [0.4, 0.5) is 6.01 Å². The molecule has 1 N–H and O–H groups in total. The topological polar surface area (TPSA) is 68.0 Å². The predicted molar refractivity (Wildman–Crippen MR) is 93.9 cm³/mol. The first kappa shape index (κ1) is 16.8. The zero-order valence-corrected chi connectivity index (χ0v) is 14.6. The Morgan fingerprint density at radius 2 is 1.83 bits per heavy atom. The van der Waals surface area contributed by atoms with E-state index in [1.807, 2.05) is 13.0 Å². The zero-order chi connectivity index (χ0) is 17.3. The maximum absolute atomic E-state index is 12.2. The van der Waals surface area contributed by atoms with Crippen LogP contribution >= 0.6 is 34.8 Å². The van der Waals surface area contributed by atoms with Gasteiger partial charge in [-0.3, -0.25) is 10.1 Å². The van der Waals surface area contributed by atoms with Crippen LogP contribution in [0.1, 0.15) is 15.9 Å². The Kier molecular flexibility index (Phi) is 4.76. The normalized spacial score (nSPS) is 10.7. The van der Waals surface area contributed by atoms with Crippen LogP contribution in [0.2, 0.25) is 15.1 Å². The molecule has 0 saturated carbocycles. The van der Waals surface area contributed by atoms with Crippen LogP contribution in [0.15, 0.2) is 40.8 Å². The van der Waals surface area contributed by atoms with E-state index in [1.165, 1.54) is 12.1 Å². The Balaban J connectivity index is 1.82. The number of anilines is 1. The van der Waals surface area contributed by atoms with Crippen molar-refractivity contribution in [3.05, 3.63) is 62.6 Å². The molecule has 5 nitrogen and oxygen atoms in total. The summed E-state index contributed by atoms with van der Waals surface area (Å²) in [5.74, 6) is -0.278. The van der Waals surface area contributed by atoms with Gasteiger partial charge in [-0.1, -0.05) is 46.0 Å². The van der Waals surface area contributed by atoms with E-state index in [4.69, 9.17) is 39.2 Å². The van der Waals surface area contributed by atoms with Gasteiger partial charge in [-0.2, -0.15) is 0 Å². The van der Waals surface area contributed by atoms with Gasteiger partial charge in [-0.05, 0) is 42.8 Å². The number of halogens is 3. The van der Waals surface area contributed by atoms with E-state index in [0.29, 0.717) is 15.6 Å². The molecule has 0 radical (unpaired) electrons. The number of carbonyl (C=O) groups is 1. The van der Waals surface area contributed by atoms with Crippen molar-refractivity contribution >= 4 is 46.7 Å². The van der Waals surface area contributed by atoms with Gasteiger partial charge in [-0.15, -0.1) is 5.10 Å². The number of carbonyl (C=O) groups excluding carboxylic acids is 1. The monoisotopic (exact) mass is 381 g/mol. The van der Waals surface area contributed by atoms with Gasteiger partial charge >= 0.3 is 6.01 Å². The van der Waals surface area contributed by atoms with Gasteiger partial charge in [-0.25, -0.2) is 0 Å². The average molecular weight is 383 g/mol. The van der Waals surface area contributed by atoms with Crippen molar-refractivity contribution in [3.63, 3.8) is 0 Å². The number of amides is 1. The first-order valence-corrected chi connectivity index (χ1v) is 7.94. The van der Waals surface area contributed by atoms with Crippen molar-refractivity contribution in [2.75, 3.05) is 5.32 Å². The van der Waals surface area contributed by atoms with Crippen molar-refractivity contribution in [2.45, 2.75) is 6.92 Å². The lowest BCUT2D eigenvalue weighted by Gasteiger charge is -2.03. The molecule has 0 atom stereocenters. The average Bonchev–Trinajstić information content (AvgIpc) is 2.95. The van der Waals surface area contributed by atoms with Gasteiger partial charge in [0.2, 0.25) is 0 Å². The largest absolute Gasteiger partial charge is 0.403 e. The second-order valence-electron chi connectivity index (χ2n) is 4.97. The maximum Gasteiger partial charge on any atom is 0.322 e. The van der Waals surface area contributed by atoms with Crippen LogP contribution in [-0.2, 0) is 0 Å². The minimum absolute atomic E-state index is 0.0577. The molecular formula is C16H10Cl3N3O2. The van der Waals surface area contributed by atoms with Crippen molar-refractivity contribution < 1.29 is 9.21 Å². The number of benzene rings is 2. The fraction of sp³-hybridized carbons (Fsp3) is 0.0625. The summed E-state index contributed by atoms with van der Waals surface area (Å²) in [4.78, 5) is 12.2. The number of hydrogen-bond donors (Lipinski definition) is 1. The van der Waals surface area contributed by atoms with E-state index in [9.17, 15) is 4.79 Å². The third-order valence-corrected chi connectivity index (χ3v) is 4.04. The summed E-state index contributed by atoms with van der Waals surface area (Å²) in [6, 6.07) is 9.92. The van der Waals surface area contributed by atoms with Crippen LogP contribution in [0.25, 0.3) is 11.5 Å². The highest BCUT2D eigenvalue weighted by Gasteiger charge is 2.16. The smallest absolute Gasteiger partial charge is 0.322 e. The molecule has 0 saturated heterocycles. The standard InChI is InChI=1S/C16H10Cl3N3O2/c1-8-2-4-11(12(18)6-8)15-21-22-16(24-15)20-14(23)10-5-3-9(17)7-13(10)19/h2-7H,1H3,(H,20,22,23). The number of rotatable bonds is 3.